The molecule has 0 aliphatic rings. The second-order valence-corrected chi connectivity index (χ2v) is 17.9. The van der Waals surface area contributed by atoms with Crippen molar-refractivity contribution < 1.29 is 42.1 Å². The fourth-order valence-corrected chi connectivity index (χ4v) is 6.68. The van der Waals surface area contributed by atoms with Crippen LogP contribution in [-0.4, -0.2) is 74.9 Å². The van der Waals surface area contributed by atoms with Gasteiger partial charge in [0.15, 0.2) is 6.10 Å². The van der Waals surface area contributed by atoms with Gasteiger partial charge in [-0.1, -0.05) is 152 Å². The van der Waals surface area contributed by atoms with Crippen molar-refractivity contribution in [2.75, 3.05) is 47.5 Å². The van der Waals surface area contributed by atoms with Gasteiger partial charge in [-0.05, 0) is 77.0 Å². The zero-order valence-electron chi connectivity index (χ0n) is 37.8. The average Bonchev–Trinajstić information content (AvgIpc) is 3.17. The van der Waals surface area contributed by atoms with Crippen LogP contribution >= 0.6 is 7.82 Å². The minimum atomic E-state index is -4.39. The first-order valence-corrected chi connectivity index (χ1v) is 24.5. The van der Waals surface area contributed by atoms with Crippen molar-refractivity contribution in [2.45, 2.75) is 187 Å². The molecule has 0 rings (SSSR count). The molecule has 1 unspecified atom stereocenters. The summed E-state index contributed by atoms with van der Waals surface area (Å²) in [6.45, 7) is 4.25. The highest BCUT2D eigenvalue weighted by Crippen LogP contribution is 2.43. The summed E-state index contributed by atoms with van der Waals surface area (Å²) in [5.74, 6) is -0.851. The van der Waals surface area contributed by atoms with E-state index in [-0.39, 0.29) is 26.1 Å². The predicted molar refractivity (Wildman–Crippen MR) is 243 cm³/mol. The smallest absolute Gasteiger partial charge is 0.462 e. The van der Waals surface area contributed by atoms with Crippen molar-refractivity contribution in [1.82, 2.24) is 0 Å². The number of hydrogen-bond acceptors (Lipinski definition) is 7. The Bertz CT molecular complexity index is 1170. The number of nitrogens with zero attached hydrogens (tertiary/aromatic N) is 1. The first-order chi connectivity index (χ1) is 28.0. The zero-order chi connectivity index (χ0) is 42.8. The fraction of sp³-hybridized carbons (Fsp3) is 0.750. The summed E-state index contributed by atoms with van der Waals surface area (Å²) in [4.78, 5) is 35.4. The molecule has 0 saturated carbocycles. The number of esters is 2. The van der Waals surface area contributed by atoms with Crippen molar-refractivity contribution in [3.8, 4) is 0 Å². The lowest BCUT2D eigenvalue weighted by Crippen LogP contribution is -2.37. The molecule has 2 atom stereocenters. The number of ether oxygens (including phenoxy) is 2. The summed E-state index contributed by atoms with van der Waals surface area (Å²) < 4.78 is 34.3. The molecule has 0 aromatic heterocycles. The maximum atomic E-state index is 12.7. The van der Waals surface area contributed by atoms with Gasteiger partial charge in [-0.2, -0.15) is 0 Å². The molecule has 9 nitrogen and oxygen atoms in total. The van der Waals surface area contributed by atoms with Crippen LogP contribution < -0.4 is 0 Å². The molecule has 0 aliphatic heterocycles. The van der Waals surface area contributed by atoms with Crippen LogP contribution in [-0.2, 0) is 32.7 Å². The van der Waals surface area contributed by atoms with Gasteiger partial charge < -0.3 is 18.9 Å². The molecule has 0 heterocycles. The van der Waals surface area contributed by atoms with E-state index in [0.29, 0.717) is 23.9 Å². The summed E-state index contributed by atoms with van der Waals surface area (Å²) in [6.07, 6.45) is 48.4. The van der Waals surface area contributed by atoms with Gasteiger partial charge in [-0.15, -0.1) is 0 Å². The summed E-state index contributed by atoms with van der Waals surface area (Å²) in [5.41, 5.74) is 0. The molecule has 0 aromatic rings. The zero-order valence-corrected chi connectivity index (χ0v) is 38.7. The minimum Gasteiger partial charge on any atom is -0.462 e. The van der Waals surface area contributed by atoms with Gasteiger partial charge in [-0.25, -0.2) is 4.57 Å². The lowest BCUT2D eigenvalue weighted by molar-refractivity contribution is -0.870. The van der Waals surface area contributed by atoms with E-state index < -0.39 is 32.5 Å². The third-order valence-corrected chi connectivity index (χ3v) is 10.5. The Balaban J connectivity index is 4.38. The summed E-state index contributed by atoms with van der Waals surface area (Å²) in [5, 5.41) is 0. The summed E-state index contributed by atoms with van der Waals surface area (Å²) >= 11 is 0. The largest absolute Gasteiger partial charge is 0.472 e. The SMILES string of the molecule is CC/C=C\C/C=C\C/C=C\C/C=C\CCCCC(=O)OC[C@H](COP(=O)(O)OCC[N+](C)(C)C)OC(=O)CCCCCCCCCCC/C=C\CCCCCCCC. The molecule has 0 spiro atoms. The van der Waals surface area contributed by atoms with E-state index in [1.54, 1.807) is 0 Å². The number of quaternary nitrogens is 1. The van der Waals surface area contributed by atoms with E-state index in [4.69, 9.17) is 18.5 Å². The number of rotatable bonds is 41. The molecule has 0 saturated heterocycles. The number of hydrogen-bond donors (Lipinski definition) is 1. The molecule has 0 fully saturated rings. The van der Waals surface area contributed by atoms with Gasteiger partial charge in [0.25, 0.3) is 0 Å². The minimum absolute atomic E-state index is 0.0224. The van der Waals surface area contributed by atoms with E-state index in [0.717, 1.165) is 57.8 Å². The van der Waals surface area contributed by atoms with Crippen LogP contribution in [0.3, 0.4) is 0 Å². The van der Waals surface area contributed by atoms with Crippen LogP contribution in [0.1, 0.15) is 181 Å². The average molecular weight is 837 g/mol. The molecule has 336 valence electrons. The maximum absolute atomic E-state index is 12.7. The van der Waals surface area contributed by atoms with Crippen molar-refractivity contribution in [2.24, 2.45) is 0 Å². The summed E-state index contributed by atoms with van der Waals surface area (Å²) in [7, 11) is 1.45. The normalized spacial score (nSPS) is 14.1. The third kappa shape index (κ3) is 43.3. The van der Waals surface area contributed by atoms with Crippen molar-refractivity contribution in [3.05, 3.63) is 60.8 Å². The monoisotopic (exact) mass is 837 g/mol. The van der Waals surface area contributed by atoms with Gasteiger partial charge >= 0.3 is 19.8 Å². The lowest BCUT2D eigenvalue weighted by Gasteiger charge is -2.24. The number of phosphoric ester groups is 1. The van der Waals surface area contributed by atoms with Gasteiger partial charge in [0.1, 0.15) is 19.8 Å². The number of carbonyl (C=O) groups excluding carboxylic acids is 2. The van der Waals surface area contributed by atoms with Crippen molar-refractivity contribution >= 4 is 19.8 Å². The third-order valence-electron chi connectivity index (χ3n) is 9.53. The first-order valence-electron chi connectivity index (χ1n) is 23.0. The number of allylic oxidation sites excluding steroid dienone is 10. The standard InChI is InChI=1S/C48H86NO8P/c1-6-8-10-12-14-16-18-20-22-23-24-25-27-29-31-33-35-37-39-41-48(51)57-46(45-56-58(52,53)55-43-42-49(3,4)5)44-54-47(50)40-38-36-34-32-30-28-26-21-19-17-15-13-11-9-7-2/h9,11,15,17,20-22,26,30,32,46H,6-8,10,12-14,16,18-19,23-25,27-29,31,33-45H2,1-5H3/p+1/b11-9-,17-15-,22-20-,26-21-,32-30-/t46-/m1/s1. The van der Waals surface area contributed by atoms with Crippen LogP contribution in [0.15, 0.2) is 60.8 Å². The first kappa shape index (κ1) is 55.7. The van der Waals surface area contributed by atoms with E-state index in [1.165, 1.54) is 83.5 Å². The molecule has 0 bridgehead atoms. The number of phosphoric acid groups is 1. The topological polar surface area (TPSA) is 108 Å². The van der Waals surface area contributed by atoms with E-state index in [9.17, 15) is 19.0 Å². The van der Waals surface area contributed by atoms with E-state index >= 15 is 0 Å². The van der Waals surface area contributed by atoms with Crippen LogP contribution in [0, 0.1) is 0 Å². The van der Waals surface area contributed by atoms with E-state index in [2.05, 4.69) is 74.6 Å². The van der Waals surface area contributed by atoms with Gasteiger partial charge in [0.2, 0.25) is 0 Å². The Morgan fingerprint density at radius 3 is 1.52 bits per heavy atom. The highest BCUT2D eigenvalue weighted by molar-refractivity contribution is 7.47. The Morgan fingerprint density at radius 2 is 0.983 bits per heavy atom. The van der Waals surface area contributed by atoms with E-state index in [1.807, 2.05) is 21.1 Å². The van der Waals surface area contributed by atoms with Gasteiger partial charge in [0, 0.05) is 12.8 Å². The Kier molecular flexibility index (Phi) is 38.5. The molecule has 0 radical (unpaired) electrons. The Labute approximate surface area is 356 Å². The highest BCUT2D eigenvalue weighted by Gasteiger charge is 2.27. The second-order valence-electron chi connectivity index (χ2n) is 16.4. The Hall–Kier alpha value is -2.29. The van der Waals surface area contributed by atoms with Gasteiger partial charge in [-0.3, -0.25) is 18.6 Å². The predicted octanol–water partition coefficient (Wildman–Crippen LogP) is 13.2. The van der Waals surface area contributed by atoms with Crippen molar-refractivity contribution in [1.29, 1.82) is 0 Å². The van der Waals surface area contributed by atoms with Crippen LogP contribution in [0.2, 0.25) is 0 Å². The number of carbonyl (C=O) groups is 2. The summed E-state index contributed by atoms with van der Waals surface area (Å²) in [6, 6.07) is 0. The molecular weight excluding hydrogens is 750 g/mol. The van der Waals surface area contributed by atoms with Gasteiger partial charge in [0.05, 0.1) is 27.7 Å². The molecule has 0 amide bonds. The quantitative estimate of drug-likeness (QED) is 0.0213. The van der Waals surface area contributed by atoms with Crippen molar-refractivity contribution in [3.63, 3.8) is 0 Å². The van der Waals surface area contributed by atoms with Crippen LogP contribution in [0.5, 0.6) is 0 Å². The number of unbranched alkanes of at least 4 members (excludes halogenated alkanes) is 17. The van der Waals surface area contributed by atoms with Crippen LogP contribution in [0.4, 0.5) is 0 Å². The molecule has 0 aromatic carbocycles. The molecule has 1 N–H and O–H groups in total. The lowest BCUT2D eigenvalue weighted by atomic mass is 10.1. The fourth-order valence-electron chi connectivity index (χ4n) is 5.94. The molecular formula is C48H87NO8P+. The molecule has 10 heteroatoms. The second kappa shape index (κ2) is 40.1. The maximum Gasteiger partial charge on any atom is 0.472 e. The molecule has 0 aliphatic carbocycles. The number of likely N-dealkylation sites (N-methyl/N-ethyl adjacent to an activating group) is 1. The van der Waals surface area contributed by atoms with Crippen LogP contribution in [0.25, 0.3) is 0 Å². The Morgan fingerprint density at radius 1 is 0.552 bits per heavy atom. The molecule has 58 heavy (non-hydrogen) atoms. The highest BCUT2D eigenvalue weighted by atomic mass is 31.2.